The van der Waals surface area contributed by atoms with E-state index in [-0.39, 0.29) is 23.5 Å². The van der Waals surface area contributed by atoms with Gasteiger partial charge in [-0.05, 0) is 36.2 Å². The van der Waals surface area contributed by atoms with E-state index in [1.807, 2.05) is 0 Å². The lowest BCUT2D eigenvalue weighted by Crippen LogP contribution is -2.39. The smallest absolute Gasteiger partial charge is 0.243 e. The summed E-state index contributed by atoms with van der Waals surface area (Å²) in [5.74, 6) is -0.501. The van der Waals surface area contributed by atoms with E-state index >= 15 is 0 Å². The summed E-state index contributed by atoms with van der Waals surface area (Å²) in [6.07, 6.45) is 0.533. The molecule has 2 unspecified atom stereocenters. The summed E-state index contributed by atoms with van der Waals surface area (Å²) in [6, 6.07) is 12.2. The molecule has 0 saturated carbocycles. The van der Waals surface area contributed by atoms with Crippen molar-refractivity contribution < 1.29 is 14.3 Å². The number of carbonyl (C=O) groups is 1. The average molecular weight is 301 g/mol. The number of anilines is 1. The van der Waals surface area contributed by atoms with Gasteiger partial charge in [0.25, 0.3) is 0 Å². The van der Waals surface area contributed by atoms with Gasteiger partial charge in [0.1, 0.15) is 17.6 Å². The van der Waals surface area contributed by atoms with Gasteiger partial charge in [0.15, 0.2) is 0 Å². The Bertz CT molecular complexity index is 675. The standard InChI is InChI=1S/C16H16FN3O2/c17-11-7-5-10(6-8-11)13-9-14(20-19-13)16(22)18-12-3-1-2-4-15(12)21/h1-8,13-14,19-21H,9H2,(H,18,22). The number of phenolic OH excluding ortho intramolecular Hbond substituents is 1. The van der Waals surface area contributed by atoms with Gasteiger partial charge in [0.05, 0.1) is 5.69 Å². The van der Waals surface area contributed by atoms with Crippen LogP contribution in [0.15, 0.2) is 48.5 Å². The number of halogens is 1. The number of aromatic hydroxyl groups is 1. The summed E-state index contributed by atoms with van der Waals surface area (Å²) >= 11 is 0. The number of hydrazine groups is 1. The third-order valence-corrected chi connectivity index (χ3v) is 3.65. The minimum Gasteiger partial charge on any atom is -0.506 e. The van der Waals surface area contributed by atoms with Gasteiger partial charge in [-0.15, -0.1) is 0 Å². The third kappa shape index (κ3) is 3.08. The molecule has 1 amide bonds. The van der Waals surface area contributed by atoms with Gasteiger partial charge in [-0.2, -0.15) is 0 Å². The van der Waals surface area contributed by atoms with Gasteiger partial charge < -0.3 is 10.4 Å². The van der Waals surface area contributed by atoms with Gasteiger partial charge in [-0.1, -0.05) is 24.3 Å². The maximum absolute atomic E-state index is 12.9. The first kappa shape index (κ1) is 14.5. The molecule has 0 spiro atoms. The Morgan fingerprint density at radius 1 is 1.14 bits per heavy atom. The van der Waals surface area contributed by atoms with E-state index < -0.39 is 6.04 Å². The van der Waals surface area contributed by atoms with E-state index in [9.17, 15) is 14.3 Å². The lowest BCUT2D eigenvalue weighted by molar-refractivity contribution is -0.117. The van der Waals surface area contributed by atoms with Crippen LogP contribution in [0, 0.1) is 5.82 Å². The molecule has 1 aliphatic heterocycles. The first-order valence-electron chi connectivity index (χ1n) is 6.99. The number of nitrogens with one attached hydrogen (secondary N) is 3. The van der Waals surface area contributed by atoms with Crippen molar-refractivity contribution in [2.45, 2.75) is 18.5 Å². The average Bonchev–Trinajstić information content (AvgIpc) is 3.00. The molecule has 0 aromatic heterocycles. The molecular formula is C16H16FN3O2. The van der Waals surface area contributed by atoms with Crippen LogP contribution in [0.2, 0.25) is 0 Å². The van der Waals surface area contributed by atoms with Crippen molar-refractivity contribution in [1.82, 2.24) is 10.9 Å². The molecule has 1 aliphatic rings. The topological polar surface area (TPSA) is 73.4 Å². The van der Waals surface area contributed by atoms with Crippen molar-refractivity contribution in [2.24, 2.45) is 0 Å². The molecule has 22 heavy (non-hydrogen) atoms. The molecule has 3 rings (SSSR count). The molecule has 5 nitrogen and oxygen atoms in total. The fraction of sp³-hybridized carbons (Fsp3) is 0.188. The van der Waals surface area contributed by atoms with Gasteiger partial charge in [0, 0.05) is 6.04 Å². The van der Waals surface area contributed by atoms with Crippen molar-refractivity contribution in [2.75, 3.05) is 5.32 Å². The minimum absolute atomic E-state index is 0.0249. The monoisotopic (exact) mass is 301 g/mol. The number of benzene rings is 2. The Hall–Kier alpha value is -2.44. The summed E-state index contributed by atoms with van der Waals surface area (Å²) < 4.78 is 12.9. The molecule has 0 aliphatic carbocycles. The zero-order valence-corrected chi connectivity index (χ0v) is 11.7. The summed E-state index contributed by atoms with van der Waals surface area (Å²) in [4.78, 5) is 12.2. The molecule has 0 bridgehead atoms. The van der Waals surface area contributed by atoms with Crippen LogP contribution >= 0.6 is 0 Å². The van der Waals surface area contributed by atoms with Crippen LogP contribution in [0.25, 0.3) is 0 Å². The highest BCUT2D eigenvalue weighted by Gasteiger charge is 2.30. The zero-order chi connectivity index (χ0) is 15.5. The number of phenols is 1. The van der Waals surface area contributed by atoms with Gasteiger partial charge in [-0.25, -0.2) is 15.2 Å². The second kappa shape index (κ2) is 6.13. The molecular weight excluding hydrogens is 285 g/mol. The number of hydrogen-bond donors (Lipinski definition) is 4. The second-order valence-corrected chi connectivity index (χ2v) is 5.19. The van der Waals surface area contributed by atoms with Gasteiger partial charge >= 0.3 is 0 Å². The lowest BCUT2D eigenvalue weighted by Gasteiger charge is -2.11. The van der Waals surface area contributed by atoms with Crippen LogP contribution < -0.4 is 16.2 Å². The highest BCUT2D eigenvalue weighted by molar-refractivity contribution is 5.96. The molecule has 4 N–H and O–H groups in total. The molecule has 1 heterocycles. The second-order valence-electron chi connectivity index (χ2n) is 5.19. The molecule has 1 fully saturated rings. The summed E-state index contributed by atoms with van der Waals surface area (Å²) in [6.45, 7) is 0. The first-order valence-corrected chi connectivity index (χ1v) is 6.99. The summed E-state index contributed by atoms with van der Waals surface area (Å²) in [5.41, 5.74) is 7.23. The van der Waals surface area contributed by atoms with E-state index in [1.165, 1.54) is 18.2 Å². The summed E-state index contributed by atoms with van der Waals surface area (Å²) in [5, 5.41) is 12.4. The molecule has 0 radical (unpaired) electrons. The largest absolute Gasteiger partial charge is 0.506 e. The molecule has 1 saturated heterocycles. The number of rotatable bonds is 3. The van der Waals surface area contributed by atoms with Crippen molar-refractivity contribution in [3.63, 3.8) is 0 Å². The Morgan fingerprint density at radius 3 is 2.59 bits per heavy atom. The van der Waals surface area contributed by atoms with E-state index in [2.05, 4.69) is 16.2 Å². The normalized spacial score (nSPS) is 20.8. The van der Waals surface area contributed by atoms with Gasteiger partial charge in [-0.3, -0.25) is 4.79 Å². The van der Waals surface area contributed by atoms with Gasteiger partial charge in [0.2, 0.25) is 5.91 Å². The van der Waals surface area contributed by atoms with Crippen molar-refractivity contribution in [3.05, 3.63) is 59.9 Å². The molecule has 2 atom stereocenters. The molecule has 2 aromatic rings. The van der Waals surface area contributed by atoms with E-state index in [1.54, 1.807) is 30.3 Å². The number of carbonyl (C=O) groups excluding carboxylic acids is 1. The first-order chi connectivity index (χ1) is 10.6. The van der Waals surface area contributed by atoms with Crippen molar-refractivity contribution in [3.8, 4) is 5.75 Å². The molecule has 6 heteroatoms. The van der Waals surface area contributed by atoms with Crippen LogP contribution in [0.3, 0.4) is 0 Å². The summed E-state index contributed by atoms with van der Waals surface area (Å²) in [7, 11) is 0. The Kier molecular flexibility index (Phi) is 4.04. The lowest BCUT2D eigenvalue weighted by atomic mass is 10.0. The van der Waals surface area contributed by atoms with Crippen molar-refractivity contribution >= 4 is 11.6 Å². The minimum atomic E-state index is -0.436. The van der Waals surface area contributed by atoms with Crippen LogP contribution in [0.5, 0.6) is 5.75 Å². The zero-order valence-electron chi connectivity index (χ0n) is 11.7. The SMILES string of the molecule is O=C(Nc1ccccc1O)C1CC(c2ccc(F)cc2)NN1. The number of hydrogen-bond acceptors (Lipinski definition) is 4. The molecule has 2 aromatic carbocycles. The molecule has 114 valence electrons. The van der Waals surface area contributed by atoms with E-state index in [0.717, 1.165) is 5.56 Å². The quantitative estimate of drug-likeness (QED) is 0.655. The van der Waals surface area contributed by atoms with Crippen LogP contribution in [-0.2, 0) is 4.79 Å². The maximum atomic E-state index is 12.9. The Labute approximate surface area is 127 Å². The Morgan fingerprint density at radius 2 is 1.86 bits per heavy atom. The fourth-order valence-electron chi connectivity index (χ4n) is 2.44. The van der Waals surface area contributed by atoms with E-state index in [4.69, 9.17) is 0 Å². The highest BCUT2D eigenvalue weighted by atomic mass is 19.1. The van der Waals surface area contributed by atoms with Crippen molar-refractivity contribution in [1.29, 1.82) is 0 Å². The van der Waals surface area contributed by atoms with Crippen LogP contribution in [0.1, 0.15) is 18.0 Å². The predicted molar refractivity (Wildman–Crippen MR) is 80.6 cm³/mol. The Balaban J connectivity index is 1.64. The van der Waals surface area contributed by atoms with Crippen LogP contribution in [0.4, 0.5) is 10.1 Å². The van der Waals surface area contributed by atoms with Crippen LogP contribution in [-0.4, -0.2) is 17.1 Å². The number of amides is 1. The fourth-order valence-corrected chi connectivity index (χ4v) is 2.44. The van der Waals surface area contributed by atoms with E-state index in [0.29, 0.717) is 12.1 Å². The maximum Gasteiger partial charge on any atom is 0.243 e. The highest BCUT2D eigenvalue weighted by Crippen LogP contribution is 2.25. The number of para-hydroxylation sites is 2. The predicted octanol–water partition coefficient (Wildman–Crippen LogP) is 2.08. The third-order valence-electron chi connectivity index (χ3n) is 3.65.